The van der Waals surface area contributed by atoms with Crippen LogP contribution in [0.2, 0.25) is 0 Å². The maximum Gasteiger partial charge on any atom is 0.157 e. The van der Waals surface area contributed by atoms with Crippen LogP contribution in [0.5, 0.6) is 11.5 Å². The average molecular weight is 322 g/mol. The number of carbonyl (C=O) groups is 1. The van der Waals surface area contributed by atoms with Gasteiger partial charge in [-0.3, -0.25) is 4.79 Å². The zero-order chi connectivity index (χ0) is 16.9. The fraction of sp³-hybridized carbons (Fsp3) is 0.286. The number of aromatic hydroxyl groups is 1. The summed E-state index contributed by atoms with van der Waals surface area (Å²) in [6, 6.07) is 13.9. The lowest BCUT2D eigenvalue weighted by molar-refractivity contribution is 0.111. The normalized spacial score (nSPS) is 14.5. The molecule has 3 heteroatoms. The van der Waals surface area contributed by atoms with Gasteiger partial charge in [0.25, 0.3) is 0 Å². The van der Waals surface area contributed by atoms with Gasteiger partial charge in [-0.1, -0.05) is 36.4 Å². The summed E-state index contributed by atoms with van der Waals surface area (Å²) < 4.78 is 5.91. The van der Waals surface area contributed by atoms with E-state index >= 15 is 0 Å². The molecule has 2 aromatic carbocycles. The van der Waals surface area contributed by atoms with E-state index in [9.17, 15) is 9.90 Å². The minimum Gasteiger partial charge on any atom is -0.507 e. The third-order valence-corrected chi connectivity index (χ3v) is 4.60. The maximum absolute atomic E-state index is 11.3. The van der Waals surface area contributed by atoms with E-state index in [1.807, 2.05) is 6.07 Å². The van der Waals surface area contributed by atoms with Gasteiger partial charge in [-0.15, -0.1) is 0 Å². The average Bonchev–Trinajstić information content (AvgIpc) is 2.63. The summed E-state index contributed by atoms with van der Waals surface area (Å²) in [5.41, 5.74) is 4.78. The van der Waals surface area contributed by atoms with Crippen molar-refractivity contribution in [2.45, 2.75) is 32.6 Å². The zero-order valence-corrected chi connectivity index (χ0v) is 13.9. The van der Waals surface area contributed by atoms with Gasteiger partial charge >= 0.3 is 0 Å². The number of benzene rings is 2. The van der Waals surface area contributed by atoms with Gasteiger partial charge in [0.05, 0.1) is 5.56 Å². The number of rotatable bonds is 5. The number of carbonyl (C=O) groups excluding carboxylic acids is 1. The molecule has 1 aliphatic carbocycles. The Balaban J connectivity index is 1.86. The summed E-state index contributed by atoms with van der Waals surface area (Å²) >= 11 is 0. The first-order valence-electron chi connectivity index (χ1n) is 8.37. The third-order valence-electron chi connectivity index (χ3n) is 4.60. The third kappa shape index (κ3) is 3.35. The molecule has 0 aromatic heterocycles. The molecular formula is C21H22O3. The quantitative estimate of drug-likeness (QED) is 0.795. The van der Waals surface area contributed by atoms with E-state index in [1.165, 1.54) is 23.1 Å². The predicted octanol–water partition coefficient (Wildman–Crippen LogP) is 4.92. The fourth-order valence-electron chi connectivity index (χ4n) is 3.22. The topological polar surface area (TPSA) is 46.5 Å². The lowest BCUT2D eigenvalue weighted by Crippen LogP contribution is -2.09. The van der Waals surface area contributed by atoms with Gasteiger partial charge in [0.1, 0.15) is 18.1 Å². The van der Waals surface area contributed by atoms with Crippen molar-refractivity contribution in [3.8, 4) is 11.5 Å². The molecule has 0 aliphatic heterocycles. The number of hydrogen-bond donors (Lipinski definition) is 1. The minimum absolute atomic E-state index is 0.00315. The highest BCUT2D eigenvalue weighted by atomic mass is 16.5. The standard InChI is InChI=1S/C21H22O3/c1-15-11-12-20(19(13-22)21(15)23)24-14-17-9-5-6-10-18(17)16-7-3-2-4-8-16/h2-4,7-8,11-13,23H,5-6,9-10,14H2,1H3. The summed E-state index contributed by atoms with van der Waals surface area (Å²) in [4.78, 5) is 11.3. The van der Waals surface area contributed by atoms with Gasteiger partial charge < -0.3 is 9.84 Å². The smallest absolute Gasteiger partial charge is 0.157 e. The molecule has 24 heavy (non-hydrogen) atoms. The van der Waals surface area contributed by atoms with Gasteiger partial charge in [-0.25, -0.2) is 0 Å². The highest BCUT2D eigenvalue weighted by molar-refractivity contribution is 5.84. The van der Waals surface area contributed by atoms with Crippen molar-refractivity contribution in [1.82, 2.24) is 0 Å². The van der Waals surface area contributed by atoms with Gasteiger partial charge in [0, 0.05) is 0 Å². The van der Waals surface area contributed by atoms with E-state index in [-0.39, 0.29) is 11.3 Å². The van der Waals surface area contributed by atoms with Crippen LogP contribution < -0.4 is 4.74 Å². The predicted molar refractivity (Wildman–Crippen MR) is 95.6 cm³/mol. The minimum atomic E-state index is 0.00315. The number of aldehydes is 1. The largest absolute Gasteiger partial charge is 0.507 e. The molecular weight excluding hydrogens is 300 g/mol. The highest BCUT2D eigenvalue weighted by Gasteiger charge is 2.16. The van der Waals surface area contributed by atoms with Crippen molar-refractivity contribution in [2.24, 2.45) is 0 Å². The number of phenolic OH excluding ortho intramolecular Hbond substituents is 1. The van der Waals surface area contributed by atoms with Gasteiger partial charge in [0.15, 0.2) is 6.29 Å². The molecule has 3 rings (SSSR count). The molecule has 0 spiro atoms. The molecule has 0 heterocycles. The van der Waals surface area contributed by atoms with E-state index in [4.69, 9.17) is 4.74 Å². The lowest BCUT2D eigenvalue weighted by Gasteiger charge is -2.21. The SMILES string of the molecule is Cc1ccc(OCC2=C(c3ccccc3)CCCC2)c(C=O)c1O. The molecule has 0 saturated heterocycles. The van der Waals surface area contributed by atoms with E-state index in [0.717, 1.165) is 19.3 Å². The highest BCUT2D eigenvalue weighted by Crippen LogP contribution is 2.34. The summed E-state index contributed by atoms with van der Waals surface area (Å²) in [5, 5.41) is 10.0. The first kappa shape index (κ1) is 16.3. The van der Waals surface area contributed by atoms with E-state index in [1.54, 1.807) is 19.1 Å². The zero-order valence-electron chi connectivity index (χ0n) is 13.9. The maximum atomic E-state index is 11.3. The van der Waals surface area contributed by atoms with Crippen LogP contribution in [0.25, 0.3) is 5.57 Å². The summed E-state index contributed by atoms with van der Waals surface area (Å²) in [7, 11) is 0. The van der Waals surface area contributed by atoms with Crippen LogP contribution in [0.1, 0.15) is 47.2 Å². The molecule has 0 bridgehead atoms. The first-order valence-corrected chi connectivity index (χ1v) is 8.37. The second-order valence-electron chi connectivity index (χ2n) is 6.20. The van der Waals surface area contributed by atoms with Crippen molar-refractivity contribution in [2.75, 3.05) is 6.61 Å². The van der Waals surface area contributed by atoms with Crippen LogP contribution in [0.4, 0.5) is 0 Å². The molecule has 0 amide bonds. The Labute approximate surface area is 142 Å². The van der Waals surface area contributed by atoms with Crippen LogP contribution in [-0.4, -0.2) is 18.0 Å². The summed E-state index contributed by atoms with van der Waals surface area (Å²) in [6.07, 6.45) is 5.08. The van der Waals surface area contributed by atoms with Crippen LogP contribution in [0.15, 0.2) is 48.0 Å². The molecule has 0 radical (unpaired) electrons. The first-order chi connectivity index (χ1) is 11.7. The summed E-state index contributed by atoms with van der Waals surface area (Å²) in [6.45, 7) is 2.22. The van der Waals surface area contributed by atoms with E-state index in [2.05, 4.69) is 24.3 Å². The van der Waals surface area contributed by atoms with Crippen molar-refractivity contribution in [1.29, 1.82) is 0 Å². The van der Waals surface area contributed by atoms with Crippen molar-refractivity contribution in [3.63, 3.8) is 0 Å². The Bertz CT molecular complexity index is 760. The van der Waals surface area contributed by atoms with Crippen LogP contribution in [0.3, 0.4) is 0 Å². The Morgan fingerprint density at radius 1 is 1.08 bits per heavy atom. The van der Waals surface area contributed by atoms with E-state index < -0.39 is 0 Å². The Kier molecular flexibility index (Phi) is 4.99. The van der Waals surface area contributed by atoms with Gasteiger partial charge in [-0.2, -0.15) is 0 Å². The number of phenols is 1. The van der Waals surface area contributed by atoms with Crippen LogP contribution >= 0.6 is 0 Å². The Morgan fingerprint density at radius 3 is 2.58 bits per heavy atom. The Morgan fingerprint density at radius 2 is 1.83 bits per heavy atom. The lowest BCUT2D eigenvalue weighted by atomic mass is 9.88. The molecule has 3 nitrogen and oxygen atoms in total. The fourth-order valence-corrected chi connectivity index (χ4v) is 3.22. The van der Waals surface area contributed by atoms with E-state index in [0.29, 0.717) is 24.2 Å². The number of allylic oxidation sites excluding steroid dienone is 1. The van der Waals surface area contributed by atoms with Crippen molar-refractivity contribution < 1.29 is 14.6 Å². The second kappa shape index (κ2) is 7.35. The van der Waals surface area contributed by atoms with Crippen molar-refractivity contribution >= 4 is 11.9 Å². The Hall–Kier alpha value is -2.55. The molecule has 0 unspecified atom stereocenters. The second-order valence-corrected chi connectivity index (χ2v) is 6.20. The van der Waals surface area contributed by atoms with Crippen LogP contribution in [-0.2, 0) is 0 Å². The van der Waals surface area contributed by atoms with Gasteiger partial charge in [-0.05, 0) is 60.9 Å². The molecule has 2 aromatic rings. The molecule has 0 saturated carbocycles. The summed E-state index contributed by atoms with van der Waals surface area (Å²) in [5.74, 6) is 0.446. The number of hydrogen-bond acceptors (Lipinski definition) is 3. The number of aryl methyl sites for hydroxylation is 1. The molecule has 1 aliphatic rings. The monoisotopic (exact) mass is 322 g/mol. The van der Waals surface area contributed by atoms with Crippen LogP contribution in [0, 0.1) is 6.92 Å². The van der Waals surface area contributed by atoms with Crippen molar-refractivity contribution in [3.05, 3.63) is 64.7 Å². The molecule has 1 N–H and O–H groups in total. The molecule has 0 fully saturated rings. The van der Waals surface area contributed by atoms with Gasteiger partial charge in [0.2, 0.25) is 0 Å². The number of ether oxygens (including phenoxy) is 1. The molecule has 124 valence electrons. The molecule has 0 atom stereocenters.